The van der Waals surface area contributed by atoms with Gasteiger partial charge in [0.05, 0.1) is 16.9 Å². The van der Waals surface area contributed by atoms with Gasteiger partial charge in [-0.1, -0.05) is 20.8 Å². The van der Waals surface area contributed by atoms with Crippen LogP contribution in [0.4, 0.5) is 0 Å². The molecule has 0 aromatic carbocycles. The summed E-state index contributed by atoms with van der Waals surface area (Å²) in [6, 6.07) is 1.88. The number of carbonyl (C=O) groups is 1. The Labute approximate surface area is 86.4 Å². The standard InChI is InChI=1S/C9H15NO3S/c1-4-7(5-10)14(13)8(6(2)3)9(11)12/h6-8H,4H2,1-3H3,(H,11,12). The zero-order valence-corrected chi connectivity index (χ0v) is 9.37. The third-order valence-electron chi connectivity index (χ3n) is 1.89. The number of hydrogen-bond acceptors (Lipinski definition) is 3. The summed E-state index contributed by atoms with van der Waals surface area (Å²) in [5, 5.41) is 15.9. The number of nitriles is 1. The first-order valence-corrected chi connectivity index (χ1v) is 5.75. The van der Waals surface area contributed by atoms with Crippen LogP contribution < -0.4 is 0 Å². The molecule has 0 rings (SSSR count). The zero-order valence-electron chi connectivity index (χ0n) is 8.56. The number of carboxylic acid groups (broad SMARTS) is 1. The van der Waals surface area contributed by atoms with Crippen molar-refractivity contribution in [3.63, 3.8) is 0 Å². The lowest BCUT2D eigenvalue weighted by Crippen LogP contribution is -2.35. The van der Waals surface area contributed by atoms with Crippen molar-refractivity contribution < 1.29 is 14.1 Å². The van der Waals surface area contributed by atoms with E-state index in [1.807, 2.05) is 6.07 Å². The van der Waals surface area contributed by atoms with E-state index in [0.717, 1.165) is 0 Å². The summed E-state index contributed by atoms with van der Waals surface area (Å²) in [5.74, 6) is -1.32. The van der Waals surface area contributed by atoms with Crippen molar-refractivity contribution in [2.45, 2.75) is 37.7 Å². The van der Waals surface area contributed by atoms with Crippen molar-refractivity contribution in [3.05, 3.63) is 0 Å². The highest BCUT2D eigenvalue weighted by atomic mass is 32.2. The number of carboxylic acids is 1. The summed E-state index contributed by atoms with van der Waals surface area (Å²) in [6.07, 6.45) is 0.416. The first-order valence-electron chi connectivity index (χ1n) is 4.47. The molecule has 0 amide bonds. The van der Waals surface area contributed by atoms with Gasteiger partial charge in [0, 0.05) is 0 Å². The average Bonchev–Trinajstić information content (AvgIpc) is 2.04. The molecule has 0 aliphatic rings. The predicted octanol–water partition coefficient (Wildman–Crippen LogP) is 1.15. The van der Waals surface area contributed by atoms with Gasteiger partial charge >= 0.3 is 5.97 Å². The maximum atomic E-state index is 11.7. The van der Waals surface area contributed by atoms with Crippen molar-refractivity contribution in [2.24, 2.45) is 5.92 Å². The van der Waals surface area contributed by atoms with E-state index >= 15 is 0 Å². The topological polar surface area (TPSA) is 78.2 Å². The second kappa shape index (κ2) is 5.76. The molecule has 0 fully saturated rings. The predicted molar refractivity (Wildman–Crippen MR) is 54.1 cm³/mol. The molecule has 14 heavy (non-hydrogen) atoms. The first-order chi connectivity index (χ1) is 6.45. The Hall–Kier alpha value is -0.890. The molecule has 80 valence electrons. The molecule has 0 spiro atoms. The molecule has 3 unspecified atom stereocenters. The third-order valence-corrected chi connectivity index (χ3v) is 4.14. The molecule has 0 aromatic rings. The summed E-state index contributed by atoms with van der Waals surface area (Å²) < 4.78 is 11.7. The van der Waals surface area contributed by atoms with Crippen LogP contribution in [0.3, 0.4) is 0 Å². The van der Waals surface area contributed by atoms with Crippen LogP contribution >= 0.6 is 0 Å². The Kier molecular flexibility index (Phi) is 5.39. The lowest BCUT2D eigenvalue weighted by atomic mass is 10.1. The molecule has 0 heterocycles. The summed E-state index contributed by atoms with van der Waals surface area (Å²) >= 11 is 0. The van der Waals surface area contributed by atoms with E-state index < -0.39 is 27.3 Å². The van der Waals surface area contributed by atoms with Crippen LogP contribution in [-0.2, 0) is 15.6 Å². The quantitative estimate of drug-likeness (QED) is 0.749. The van der Waals surface area contributed by atoms with Crippen LogP contribution in [0, 0.1) is 17.2 Å². The molecule has 0 aliphatic heterocycles. The normalized spacial score (nSPS) is 17.1. The fourth-order valence-corrected chi connectivity index (χ4v) is 2.66. The Morgan fingerprint density at radius 1 is 1.57 bits per heavy atom. The van der Waals surface area contributed by atoms with Crippen LogP contribution in [0.1, 0.15) is 27.2 Å². The van der Waals surface area contributed by atoms with Gasteiger partial charge in [-0.25, -0.2) is 0 Å². The fourth-order valence-electron chi connectivity index (χ4n) is 1.14. The van der Waals surface area contributed by atoms with Crippen molar-refractivity contribution in [2.75, 3.05) is 0 Å². The summed E-state index contributed by atoms with van der Waals surface area (Å²) in [7, 11) is -1.62. The van der Waals surface area contributed by atoms with E-state index in [-0.39, 0.29) is 5.92 Å². The Balaban J connectivity index is 4.78. The Bertz CT molecular complexity index is 270. The van der Waals surface area contributed by atoms with Crippen molar-refractivity contribution >= 4 is 16.8 Å². The first kappa shape index (κ1) is 13.1. The molecule has 0 aromatic heterocycles. The van der Waals surface area contributed by atoms with E-state index in [1.54, 1.807) is 20.8 Å². The Morgan fingerprint density at radius 2 is 2.07 bits per heavy atom. The molecule has 4 nitrogen and oxygen atoms in total. The minimum atomic E-state index is -1.62. The average molecular weight is 217 g/mol. The van der Waals surface area contributed by atoms with Gasteiger partial charge in [0.2, 0.25) is 0 Å². The molecule has 0 aliphatic carbocycles. The van der Waals surface area contributed by atoms with Gasteiger partial charge in [-0.05, 0) is 12.3 Å². The van der Waals surface area contributed by atoms with Gasteiger partial charge in [-0.2, -0.15) is 5.26 Å². The Morgan fingerprint density at radius 3 is 2.29 bits per heavy atom. The van der Waals surface area contributed by atoms with E-state index in [4.69, 9.17) is 10.4 Å². The van der Waals surface area contributed by atoms with Crippen molar-refractivity contribution in [1.29, 1.82) is 5.26 Å². The molecular weight excluding hydrogens is 202 g/mol. The minimum Gasteiger partial charge on any atom is -0.480 e. The van der Waals surface area contributed by atoms with E-state index in [1.165, 1.54) is 0 Å². The minimum absolute atomic E-state index is 0.226. The van der Waals surface area contributed by atoms with Gasteiger partial charge in [-0.3, -0.25) is 9.00 Å². The van der Waals surface area contributed by atoms with Gasteiger partial charge in [0.25, 0.3) is 0 Å². The van der Waals surface area contributed by atoms with Crippen LogP contribution in [0.25, 0.3) is 0 Å². The largest absolute Gasteiger partial charge is 0.480 e. The van der Waals surface area contributed by atoms with Crippen LogP contribution in [0.5, 0.6) is 0 Å². The second-order valence-corrected chi connectivity index (χ2v) is 5.09. The fraction of sp³-hybridized carbons (Fsp3) is 0.778. The number of nitrogens with zero attached hydrogens (tertiary/aromatic N) is 1. The smallest absolute Gasteiger partial charge is 0.319 e. The number of aliphatic carboxylic acids is 1. The van der Waals surface area contributed by atoms with Crippen molar-refractivity contribution in [3.8, 4) is 6.07 Å². The van der Waals surface area contributed by atoms with Crippen LogP contribution in [-0.4, -0.2) is 25.8 Å². The number of rotatable bonds is 5. The maximum Gasteiger partial charge on any atom is 0.319 e. The SMILES string of the molecule is CCC(C#N)S(=O)C(C(=O)O)C(C)C. The zero-order chi connectivity index (χ0) is 11.3. The van der Waals surface area contributed by atoms with Gasteiger partial charge < -0.3 is 5.11 Å². The van der Waals surface area contributed by atoms with Gasteiger partial charge in [0.15, 0.2) is 0 Å². The monoisotopic (exact) mass is 217 g/mol. The van der Waals surface area contributed by atoms with Gasteiger partial charge in [-0.15, -0.1) is 0 Å². The van der Waals surface area contributed by atoms with Gasteiger partial charge in [0.1, 0.15) is 10.5 Å². The molecule has 0 bridgehead atoms. The molecule has 5 heteroatoms. The molecule has 3 atom stereocenters. The summed E-state index contributed by atoms with van der Waals surface area (Å²) in [5.41, 5.74) is 0. The molecule has 0 saturated heterocycles. The molecular formula is C9H15NO3S. The van der Waals surface area contributed by atoms with E-state index in [9.17, 15) is 9.00 Å². The van der Waals surface area contributed by atoms with Crippen LogP contribution in [0.2, 0.25) is 0 Å². The molecule has 0 radical (unpaired) electrons. The highest BCUT2D eigenvalue weighted by molar-refractivity contribution is 7.87. The highest BCUT2D eigenvalue weighted by Gasteiger charge is 2.32. The summed E-state index contributed by atoms with van der Waals surface area (Å²) in [4.78, 5) is 10.8. The maximum absolute atomic E-state index is 11.7. The lowest BCUT2D eigenvalue weighted by Gasteiger charge is -2.17. The van der Waals surface area contributed by atoms with E-state index in [0.29, 0.717) is 6.42 Å². The third kappa shape index (κ3) is 3.11. The summed E-state index contributed by atoms with van der Waals surface area (Å²) in [6.45, 7) is 5.12. The van der Waals surface area contributed by atoms with Crippen molar-refractivity contribution in [1.82, 2.24) is 0 Å². The van der Waals surface area contributed by atoms with Crippen LogP contribution in [0.15, 0.2) is 0 Å². The highest BCUT2D eigenvalue weighted by Crippen LogP contribution is 2.15. The molecule has 1 N–H and O–H groups in total. The second-order valence-electron chi connectivity index (χ2n) is 3.36. The molecule has 0 saturated carbocycles. The lowest BCUT2D eigenvalue weighted by molar-refractivity contribution is -0.137. The number of hydrogen-bond donors (Lipinski definition) is 1. The van der Waals surface area contributed by atoms with E-state index in [2.05, 4.69) is 0 Å².